The molecule has 0 spiro atoms. The van der Waals surface area contributed by atoms with Crippen LogP contribution in [0, 0.1) is 6.92 Å². The Morgan fingerprint density at radius 2 is 1.95 bits per heavy atom. The van der Waals surface area contributed by atoms with Crippen molar-refractivity contribution in [2.75, 3.05) is 13.1 Å². The molecule has 0 amide bonds. The molecule has 0 N–H and O–H groups in total. The molecule has 1 aromatic carbocycles. The largest absolute Gasteiger partial charge is 0.301 e. The van der Waals surface area contributed by atoms with E-state index in [0.717, 1.165) is 31.5 Å². The van der Waals surface area contributed by atoms with Crippen molar-refractivity contribution in [3.05, 3.63) is 41.5 Å². The highest BCUT2D eigenvalue weighted by Gasteiger charge is 2.41. The van der Waals surface area contributed by atoms with Gasteiger partial charge in [-0.05, 0) is 70.3 Å². The predicted molar refractivity (Wildman–Crippen MR) is 89.6 cm³/mol. The summed E-state index contributed by atoms with van der Waals surface area (Å²) in [6.07, 6.45) is 3.70. The average molecular weight is 285 g/mol. The summed E-state index contributed by atoms with van der Waals surface area (Å²) in [7, 11) is 0. The molecule has 1 saturated heterocycles. The van der Waals surface area contributed by atoms with Crippen LogP contribution in [0.2, 0.25) is 0 Å². The Morgan fingerprint density at radius 3 is 2.43 bits per heavy atom. The zero-order valence-corrected chi connectivity index (χ0v) is 13.8. The number of Topliss-reactive ketones (excluding diaryl/α,β-unsaturated/α-hetero) is 1. The summed E-state index contributed by atoms with van der Waals surface area (Å²) in [4.78, 5) is 15.0. The molecule has 1 heterocycles. The quantitative estimate of drug-likeness (QED) is 0.834. The van der Waals surface area contributed by atoms with Crippen LogP contribution in [0.15, 0.2) is 24.8 Å². The zero-order chi connectivity index (χ0) is 15.6. The minimum Gasteiger partial charge on any atom is -0.301 e. The van der Waals surface area contributed by atoms with Crippen molar-refractivity contribution < 1.29 is 4.79 Å². The summed E-state index contributed by atoms with van der Waals surface area (Å²) in [5.74, 6) is 0.301. The van der Waals surface area contributed by atoms with E-state index >= 15 is 0 Å². The number of benzene rings is 1. The van der Waals surface area contributed by atoms with Crippen LogP contribution in [0.1, 0.15) is 50.3 Å². The molecule has 2 nitrogen and oxygen atoms in total. The first-order valence-corrected chi connectivity index (χ1v) is 7.89. The lowest BCUT2D eigenvalue weighted by molar-refractivity contribution is -0.124. The summed E-state index contributed by atoms with van der Waals surface area (Å²) < 4.78 is 0. The fourth-order valence-electron chi connectivity index (χ4n) is 3.52. The van der Waals surface area contributed by atoms with Crippen molar-refractivity contribution >= 4 is 11.9 Å². The maximum Gasteiger partial charge on any atom is 0.140 e. The molecule has 2 rings (SSSR count). The van der Waals surface area contributed by atoms with Crippen molar-refractivity contribution in [1.82, 2.24) is 4.90 Å². The highest BCUT2D eigenvalue weighted by Crippen LogP contribution is 2.39. The van der Waals surface area contributed by atoms with Crippen LogP contribution in [0.3, 0.4) is 0 Å². The van der Waals surface area contributed by atoms with Gasteiger partial charge in [0.25, 0.3) is 0 Å². The van der Waals surface area contributed by atoms with Crippen LogP contribution >= 0.6 is 0 Å². The monoisotopic (exact) mass is 285 g/mol. The van der Waals surface area contributed by atoms with Gasteiger partial charge in [-0.3, -0.25) is 4.79 Å². The minimum absolute atomic E-state index is 0.301. The summed E-state index contributed by atoms with van der Waals surface area (Å²) >= 11 is 0. The Labute approximate surface area is 128 Å². The predicted octanol–water partition coefficient (Wildman–Crippen LogP) is 3.97. The number of piperidine rings is 1. The molecule has 0 atom stereocenters. The first kappa shape index (κ1) is 16.0. The Hall–Kier alpha value is -1.41. The van der Waals surface area contributed by atoms with Gasteiger partial charge in [-0.1, -0.05) is 30.9 Å². The second-order valence-electron chi connectivity index (χ2n) is 6.55. The number of aryl methyl sites for hydroxylation is 1. The molecule has 21 heavy (non-hydrogen) atoms. The summed E-state index contributed by atoms with van der Waals surface area (Å²) in [5.41, 5.74) is 3.21. The van der Waals surface area contributed by atoms with Crippen LogP contribution in [-0.2, 0) is 10.2 Å². The van der Waals surface area contributed by atoms with Crippen LogP contribution in [0.4, 0.5) is 0 Å². The van der Waals surface area contributed by atoms with Gasteiger partial charge in [-0.15, -0.1) is 0 Å². The summed E-state index contributed by atoms with van der Waals surface area (Å²) in [6, 6.07) is 6.90. The number of nitrogens with zero attached hydrogens (tertiary/aromatic N) is 1. The van der Waals surface area contributed by atoms with Crippen molar-refractivity contribution in [2.24, 2.45) is 0 Å². The first-order chi connectivity index (χ1) is 9.90. The van der Waals surface area contributed by atoms with Crippen molar-refractivity contribution in [3.8, 4) is 0 Å². The highest BCUT2D eigenvalue weighted by atomic mass is 16.1. The van der Waals surface area contributed by atoms with Gasteiger partial charge in [-0.2, -0.15) is 0 Å². The number of hydrogen-bond donors (Lipinski definition) is 0. The molecule has 2 heteroatoms. The SMILES string of the molecule is C=Cc1ccc(C)c(C2(C(C)=O)CCN(C(C)C)CC2)c1. The number of ketones is 1. The standard InChI is InChI=1S/C19H27NO/c1-6-17-8-7-15(4)18(13-17)19(16(5)21)9-11-20(12-10-19)14(2)3/h6-8,13-14H,1,9-12H2,2-5H3. The minimum atomic E-state index is -0.311. The van der Waals surface area contributed by atoms with E-state index in [1.165, 1.54) is 11.1 Å². The molecule has 1 aliphatic rings. The molecule has 1 aromatic rings. The first-order valence-electron chi connectivity index (χ1n) is 7.89. The molecule has 0 bridgehead atoms. The Bertz CT molecular complexity index is 536. The van der Waals surface area contributed by atoms with E-state index in [1.807, 2.05) is 6.08 Å². The summed E-state index contributed by atoms with van der Waals surface area (Å²) in [6.45, 7) is 14.2. The third-order valence-corrected chi connectivity index (χ3v) is 5.07. The second kappa shape index (κ2) is 6.15. The highest BCUT2D eigenvalue weighted by molar-refractivity contribution is 5.89. The van der Waals surface area contributed by atoms with E-state index in [1.54, 1.807) is 6.92 Å². The van der Waals surface area contributed by atoms with E-state index in [4.69, 9.17) is 0 Å². The molecule has 0 unspecified atom stereocenters. The number of hydrogen-bond acceptors (Lipinski definition) is 2. The lowest BCUT2D eigenvalue weighted by Crippen LogP contribution is -2.48. The molecular formula is C19H27NO. The number of carbonyl (C=O) groups is 1. The summed E-state index contributed by atoms with van der Waals surface area (Å²) in [5, 5.41) is 0. The lowest BCUT2D eigenvalue weighted by atomic mass is 9.68. The van der Waals surface area contributed by atoms with E-state index in [2.05, 4.69) is 50.4 Å². The van der Waals surface area contributed by atoms with Gasteiger partial charge < -0.3 is 4.90 Å². The normalized spacial score (nSPS) is 18.7. The number of carbonyl (C=O) groups excluding carboxylic acids is 1. The Morgan fingerprint density at radius 1 is 1.33 bits per heavy atom. The average Bonchev–Trinajstić information content (AvgIpc) is 2.47. The van der Waals surface area contributed by atoms with Gasteiger partial charge in [-0.25, -0.2) is 0 Å². The number of likely N-dealkylation sites (tertiary alicyclic amines) is 1. The van der Waals surface area contributed by atoms with E-state index < -0.39 is 0 Å². The van der Waals surface area contributed by atoms with Gasteiger partial charge in [0, 0.05) is 6.04 Å². The van der Waals surface area contributed by atoms with Crippen molar-refractivity contribution in [2.45, 2.75) is 52.0 Å². The van der Waals surface area contributed by atoms with Gasteiger partial charge in [0.05, 0.1) is 5.41 Å². The van der Waals surface area contributed by atoms with E-state index in [0.29, 0.717) is 11.8 Å². The van der Waals surface area contributed by atoms with Crippen LogP contribution in [0.25, 0.3) is 6.08 Å². The Balaban J connectivity index is 2.41. The third kappa shape index (κ3) is 2.96. The van der Waals surface area contributed by atoms with Crippen molar-refractivity contribution in [1.29, 1.82) is 0 Å². The van der Waals surface area contributed by atoms with Crippen LogP contribution in [-0.4, -0.2) is 29.8 Å². The lowest BCUT2D eigenvalue weighted by Gasteiger charge is -2.43. The van der Waals surface area contributed by atoms with Gasteiger partial charge >= 0.3 is 0 Å². The third-order valence-electron chi connectivity index (χ3n) is 5.07. The zero-order valence-electron chi connectivity index (χ0n) is 13.8. The van der Waals surface area contributed by atoms with Gasteiger partial charge in [0.15, 0.2) is 0 Å². The smallest absolute Gasteiger partial charge is 0.140 e. The molecule has 1 aliphatic heterocycles. The topological polar surface area (TPSA) is 20.3 Å². The van der Waals surface area contributed by atoms with Gasteiger partial charge in [0.2, 0.25) is 0 Å². The Kier molecular flexibility index (Phi) is 4.67. The second-order valence-corrected chi connectivity index (χ2v) is 6.55. The fourth-order valence-corrected chi connectivity index (χ4v) is 3.52. The molecule has 114 valence electrons. The molecule has 1 fully saturated rings. The number of rotatable bonds is 4. The van der Waals surface area contributed by atoms with Crippen LogP contribution < -0.4 is 0 Å². The van der Waals surface area contributed by atoms with E-state index in [9.17, 15) is 4.79 Å². The maximum atomic E-state index is 12.5. The molecule has 0 aliphatic carbocycles. The molecule has 0 saturated carbocycles. The fraction of sp³-hybridized carbons (Fsp3) is 0.526. The molecular weight excluding hydrogens is 258 g/mol. The van der Waals surface area contributed by atoms with Crippen LogP contribution in [0.5, 0.6) is 0 Å². The van der Waals surface area contributed by atoms with Gasteiger partial charge in [0.1, 0.15) is 5.78 Å². The molecule has 0 aromatic heterocycles. The maximum absolute atomic E-state index is 12.5. The van der Waals surface area contributed by atoms with E-state index in [-0.39, 0.29) is 5.41 Å². The van der Waals surface area contributed by atoms with Crippen molar-refractivity contribution in [3.63, 3.8) is 0 Å². The molecule has 0 radical (unpaired) electrons.